The third-order valence-corrected chi connectivity index (χ3v) is 4.40. The maximum atomic E-state index is 4.03. The lowest BCUT2D eigenvalue weighted by molar-refractivity contribution is 0.823. The lowest BCUT2D eigenvalue weighted by Gasteiger charge is -2.02. The molecule has 0 bridgehead atoms. The minimum atomic E-state index is 0.852. The number of hydrogen-bond acceptors (Lipinski definition) is 2. The summed E-state index contributed by atoms with van der Waals surface area (Å²) in [6.07, 6.45) is 9.88. The molecule has 0 unspecified atom stereocenters. The van der Waals surface area contributed by atoms with Crippen LogP contribution in [0.1, 0.15) is 11.1 Å². The van der Waals surface area contributed by atoms with Crippen LogP contribution in [0.25, 0.3) is 6.08 Å². The van der Waals surface area contributed by atoms with Gasteiger partial charge in [-0.25, -0.2) is 4.98 Å². The molecular weight excluding hydrogens is 288 g/mol. The van der Waals surface area contributed by atoms with E-state index < -0.39 is 0 Å². The third kappa shape index (κ3) is 4.37. The van der Waals surface area contributed by atoms with Crippen molar-refractivity contribution in [3.05, 3.63) is 90.5 Å². The zero-order chi connectivity index (χ0) is 15.0. The van der Waals surface area contributed by atoms with Gasteiger partial charge in [-0.15, -0.1) is 11.8 Å². The highest BCUT2D eigenvalue weighted by atomic mass is 32.2. The Morgan fingerprint density at radius 3 is 2.55 bits per heavy atom. The highest BCUT2D eigenvalue weighted by Gasteiger charge is 1.96. The number of thioether (sulfide) groups is 1. The number of hydrogen-bond donors (Lipinski definition) is 0. The first-order valence-corrected chi connectivity index (χ1v) is 8.28. The SMILES string of the molecule is C(=Cc1ccc(SCc2ccccc2)cc1)Cn1ccnc1. The summed E-state index contributed by atoms with van der Waals surface area (Å²) in [6.45, 7) is 0.852. The monoisotopic (exact) mass is 306 g/mol. The van der Waals surface area contributed by atoms with E-state index in [0.29, 0.717) is 0 Å². The van der Waals surface area contributed by atoms with Gasteiger partial charge in [-0.1, -0.05) is 54.6 Å². The first-order valence-electron chi connectivity index (χ1n) is 7.29. The van der Waals surface area contributed by atoms with E-state index in [4.69, 9.17) is 0 Å². The second kappa shape index (κ2) is 7.66. The normalized spacial score (nSPS) is 11.1. The fourth-order valence-electron chi connectivity index (χ4n) is 2.12. The van der Waals surface area contributed by atoms with E-state index in [0.717, 1.165) is 12.3 Å². The molecule has 0 fully saturated rings. The Hall–Kier alpha value is -2.26. The largest absolute Gasteiger partial charge is 0.334 e. The molecule has 22 heavy (non-hydrogen) atoms. The fourth-order valence-corrected chi connectivity index (χ4v) is 2.98. The van der Waals surface area contributed by atoms with Gasteiger partial charge in [0, 0.05) is 29.6 Å². The van der Waals surface area contributed by atoms with E-state index in [1.54, 1.807) is 6.20 Å². The summed E-state index contributed by atoms with van der Waals surface area (Å²) < 4.78 is 2.04. The zero-order valence-corrected chi connectivity index (χ0v) is 13.1. The van der Waals surface area contributed by atoms with Crippen LogP contribution in [-0.4, -0.2) is 9.55 Å². The van der Waals surface area contributed by atoms with Gasteiger partial charge in [-0.2, -0.15) is 0 Å². The van der Waals surface area contributed by atoms with Crippen LogP contribution >= 0.6 is 11.8 Å². The lowest BCUT2D eigenvalue weighted by Crippen LogP contribution is -1.89. The second-order valence-electron chi connectivity index (χ2n) is 5.01. The quantitative estimate of drug-likeness (QED) is 0.603. The summed E-state index contributed by atoms with van der Waals surface area (Å²) in [5.41, 5.74) is 2.58. The van der Waals surface area contributed by atoms with Crippen LogP contribution in [0.3, 0.4) is 0 Å². The molecule has 0 saturated heterocycles. The maximum absolute atomic E-state index is 4.03. The predicted molar refractivity (Wildman–Crippen MR) is 93.7 cm³/mol. The second-order valence-corrected chi connectivity index (χ2v) is 6.05. The van der Waals surface area contributed by atoms with Gasteiger partial charge < -0.3 is 4.57 Å². The average Bonchev–Trinajstić information content (AvgIpc) is 3.08. The van der Waals surface area contributed by atoms with E-state index in [1.165, 1.54) is 16.0 Å². The van der Waals surface area contributed by atoms with Crippen molar-refractivity contribution < 1.29 is 0 Å². The minimum absolute atomic E-state index is 0.852. The number of nitrogens with zero attached hydrogens (tertiary/aromatic N) is 2. The average molecular weight is 306 g/mol. The zero-order valence-electron chi connectivity index (χ0n) is 12.3. The third-order valence-electron chi connectivity index (χ3n) is 3.31. The Labute approximate surface area is 135 Å². The first kappa shape index (κ1) is 14.7. The van der Waals surface area contributed by atoms with Gasteiger partial charge in [0.25, 0.3) is 0 Å². The van der Waals surface area contributed by atoms with E-state index in [2.05, 4.69) is 71.7 Å². The van der Waals surface area contributed by atoms with E-state index in [9.17, 15) is 0 Å². The van der Waals surface area contributed by atoms with Crippen molar-refractivity contribution in [2.75, 3.05) is 0 Å². The van der Waals surface area contributed by atoms with Crippen molar-refractivity contribution in [3.63, 3.8) is 0 Å². The number of benzene rings is 2. The summed E-state index contributed by atoms with van der Waals surface area (Å²) in [6, 6.07) is 19.3. The number of aromatic nitrogens is 2. The summed E-state index contributed by atoms with van der Waals surface area (Å²) in [4.78, 5) is 5.33. The Kier molecular flexibility index (Phi) is 5.11. The van der Waals surface area contributed by atoms with Crippen molar-refractivity contribution in [3.8, 4) is 0 Å². The van der Waals surface area contributed by atoms with Crippen LogP contribution in [0, 0.1) is 0 Å². The minimum Gasteiger partial charge on any atom is -0.334 e. The molecule has 0 atom stereocenters. The smallest absolute Gasteiger partial charge is 0.0948 e. The highest BCUT2D eigenvalue weighted by molar-refractivity contribution is 7.98. The molecule has 0 radical (unpaired) electrons. The van der Waals surface area contributed by atoms with E-state index >= 15 is 0 Å². The topological polar surface area (TPSA) is 17.8 Å². The Bertz CT molecular complexity index is 701. The molecule has 1 aromatic heterocycles. The van der Waals surface area contributed by atoms with Crippen LogP contribution in [0.15, 0.2) is 84.3 Å². The summed E-state index contributed by atoms with van der Waals surface area (Å²) in [5.74, 6) is 1.01. The van der Waals surface area contributed by atoms with Gasteiger partial charge in [0.2, 0.25) is 0 Å². The molecule has 110 valence electrons. The van der Waals surface area contributed by atoms with E-state index in [-0.39, 0.29) is 0 Å². The standard InChI is InChI=1S/C19H18N2S/c1-2-5-18(6-3-1)15-22-19-10-8-17(9-11-19)7-4-13-21-14-12-20-16-21/h1-12,14,16H,13,15H2. The van der Waals surface area contributed by atoms with Crippen LogP contribution in [0.5, 0.6) is 0 Å². The molecule has 0 N–H and O–H groups in total. The molecule has 3 rings (SSSR count). The molecule has 0 aliphatic heterocycles. The van der Waals surface area contributed by atoms with Crippen molar-refractivity contribution >= 4 is 17.8 Å². The molecule has 0 spiro atoms. The van der Waals surface area contributed by atoms with Gasteiger partial charge >= 0.3 is 0 Å². The van der Waals surface area contributed by atoms with Gasteiger partial charge in [-0.05, 0) is 23.3 Å². The summed E-state index contributed by atoms with van der Waals surface area (Å²) in [7, 11) is 0. The van der Waals surface area contributed by atoms with Crippen LogP contribution in [0.2, 0.25) is 0 Å². The Morgan fingerprint density at radius 2 is 1.82 bits per heavy atom. The molecule has 0 saturated carbocycles. The van der Waals surface area contributed by atoms with Crippen LogP contribution in [0.4, 0.5) is 0 Å². The lowest BCUT2D eigenvalue weighted by atomic mass is 10.2. The first-order chi connectivity index (χ1) is 10.9. The number of rotatable bonds is 6. The molecular formula is C19H18N2S. The van der Waals surface area contributed by atoms with Crippen molar-refractivity contribution in [2.45, 2.75) is 17.2 Å². The maximum Gasteiger partial charge on any atom is 0.0948 e. The summed E-state index contributed by atoms with van der Waals surface area (Å²) in [5, 5.41) is 0. The van der Waals surface area contributed by atoms with Gasteiger partial charge in [0.15, 0.2) is 0 Å². The molecule has 0 aliphatic rings. The van der Waals surface area contributed by atoms with Crippen molar-refractivity contribution in [1.82, 2.24) is 9.55 Å². The Morgan fingerprint density at radius 1 is 1.00 bits per heavy atom. The molecule has 0 aliphatic carbocycles. The molecule has 3 heteroatoms. The van der Waals surface area contributed by atoms with E-state index in [1.807, 2.05) is 28.9 Å². The number of allylic oxidation sites excluding steroid dienone is 1. The Balaban J connectivity index is 1.52. The van der Waals surface area contributed by atoms with Crippen LogP contribution < -0.4 is 0 Å². The molecule has 1 heterocycles. The highest BCUT2D eigenvalue weighted by Crippen LogP contribution is 2.23. The van der Waals surface area contributed by atoms with Gasteiger partial charge in [0.05, 0.1) is 6.33 Å². The van der Waals surface area contributed by atoms with Crippen molar-refractivity contribution in [2.24, 2.45) is 0 Å². The van der Waals surface area contributed by atoms with Crippen LogP contribution in [-0.2, 0) is 12.3 Å². The van der Waals surface area contributed by atoms with Gasteiger partial charge in [-0.3, -0.25) is 0 Å². The molecule has 2 nitrogen and oxygen atoms in total. The number of imidazole rings is 1. The molecule has 2 aromatic carbocycles. The molecule has 3 aromatic rings. The fraction of sp³-hybridized carbons (Fsp3) is 0.105. The van der Waals surface area contributed by atoms with Crippen molar-refractivity contribution in [1.29, 1.82) is 0 Å². The van der Waals surface area contributed by atoms with Gasteiger partial charge in [0.1, 0.15) is 0 Å². The molecule has 0 amide bonds. The predicted octanol–water partition coefficient (Wildman–Crippen LogP) is 4.89. The summed E-state index contributed by atoms with van der Waals surface area (Å²) >= 11 is 1.87.